The number of rotatable bonds is 3. The SMILES string of the molecule is Cc1nc(-c2cccc(NC(=O)N[C@@H]3C[C@H]4CC[C@@]3(C)C4(C)C)c2)no1. The van der Waals surface area contributed by atoms with E-state index in [4.69, 9.17) is 4.52 Å². The van der Waals surface area contributed by atoms with Gasteiger partial charge in [-0.05, 0) is 48.1 Å². The normalized spacial score (nSPS) is 28.9. The number of carbonyl (C=O) groups excluding carboxylic acids is 1. The third-order valence-corrected chi connectivity index (χ3v) is 7.01. The zero-order valence-corrected chi connectivity index (χ0v) is 15.8. The van der Waals surface area contributed by atoms with E-state index in [1.807, 2.05) is 24.3 Å². The molecule has 2 amide bonds. The molecular formula is C20H26N4O2. The summed E-state index contributed by atoms with van der Waals surface area (Å²) in [5.74, 6) is 1.74. The summed E-state index contributed by atoms with van der Waals surface area (Å²) in [6.07, 6.45) is 3.52. The first-order valence-electron chi connectivity index (χ1n) is 9.28. The van der Waals surface area contributed by atoms with Crippen LogP contribution in [0.3, 0.4) is 0 Å². The lowest BCUT2D eigenvalue weighted by molar-refractivity contribution is 0.125. The molecule has 0 spiro atoms. The molecule has 2 N–H and O–H groups in total. The Morgan fingerprint density at radius 2 is 2.12 bits per heavy atom. The third kappa shape index (κ3) is 2.59. The predicted molar refractivity (Wildman–Crippen MR) is 99.6 cm³/mol. The predicted octanol–water partition coefficient (Wildman–Crippen LogP) is 4.38. The first-order valence-corrected chi connectivity index (χ1v) is 9.28. The molecule has 3 atom stereocenters. The van der Waals surface area contributed by atoms with E-state index in [0.29, 0.717) is 17.6 Å². The highest BCUT2D eigenvalue weighted by atomic mass is 16.5. The standard InChI is InChI=1S/C20H26N4O2/c1-12-21-17(24-26-12)13-6-5-7-15(10-13)22-18(25)23-16-11-14-8-9-20(16,4)19(14,2)3/h5-7,10,14,16H,8-9,11H2,1-4H3,(H2,22,23,25)/t14-,16-,20-/m1/s1. The first-order chi connectivity index (χ1) is 12.3. The molecule has 6 heteroatoms. The average Bonchev–Trinajstić information content (AvgIpc) is 3.17. The molecule has 0 radical (unpaired) electrons. The second-order valence-electron chi connectivity index (χ2n) is 8.48. The molecule has 6 nitrogen and oxygen atoms in total. The number of nitrogens with one attached hydrogen (secondary N) is 2. The number of fused-ring (bicyclic) bond motifs is 2. The van der Waals surface area contributed by atoms with E-state index in [-0.39, 0.29) is 22.9 Å². The van der Waals surface area contributed by atoms with Crippen LogP contribution in [0.25, 0.3) is 11.4 Å². The van der Waals surface area contributed by atoms with Gasteiger partial charge in [-0.1, -0.05) is 38.1 Å². The van der Waals surface area contributed by atoms with Gasteiger partial charge in [0, 0.05) is 24.2 Å². The fourth-order valence-electron chi connectivity index (χ4n) is 4.90. The molecule has 4 rings (SSSR count). The van der Waals surface area contributed by atoms with Crippen molar-refractivity contribution in [2.45, 2.75) is 53.0 Å². The highest BCUT2D eigenvalue weighted by molar-refractivity contribution is 5.90. The maximum absolute atomic E-state index is 12.6. The smallest absolute Gasteiger partial charge is 0.319 e. The van der Waals surface area contributed by atoms with Crippen LogP contribution in [0.4, 0.5) is 10.5 Å². The number of benzene rings is 1. The van der Waals surface area contributed by atoms with E-state index in [2.05, 4.69) is 41.5 Å². The van der Waals surface area contributed by atoms with Gasteiger partial charge in [0.1, 0.15) is 0 Å². The minimum atomic E-state index is -0.152. The largest absolute Gasteiger partial charge is 0.339 e. The van der Waals surface area contributed by atoms with Crippen LogP contribution in [0.2, 0.25) is 0 Å². The summed E-state index contributed by atoms with van der Waals surface area (Å²) in [6.45, 7) is 8.77. The monoisotopic (exact) mass is 354 g/mol. The fourth-order valence-corrected chi connectivity index (χ4v) is 4.90. The highest BCUT2D eigenvalue weighted by Gasteiger charge is 2.61. The van der Waals surface area contributed by atoms with Crippen molar-refractivity contribution in [2.75, 3.05) is 5.32 Å². The summed E-state index contributed by atoms with van der Waals surface area (Å²) in [6, 6.07) is 7.56. The van der Waals surface area contributed by atoms with Gasteiger partial charge in [-0.25, -0.2) is 4.79 Å². The Labute approximate surface area is 153 Å². The Morgan fingerprint density at radius 1 is 1.31 bits per heavy atom. The van der Waals surface area contributed by atoms with E-state index in [0.717, 1.165) is 17.7 Å². The minimum Gasteiger partial charge on any atom is -0.339 e. The summed E-state index contributed by atoms with van der Waals surface area (Å²) in [4.78, 5) is 16.8. The second-order valence-corrected chi connectivity index (χ2v) is 8.48. The topological polar surface area (TPSA) is 80.0 Å². The van der Waals surface area contributed by atoms with Crippen LogP contribution < -0.4 is 10.6 Å². The molecular weight excluding hydrogens is 328 g/mol. The van der Waals surface area contributed by atoms with Crippen molar-refractivity contribution in [1.29, 1.82) is 0 Å². The summed E-state index contributed by atoms with van der Waals surface area (Å²) in [5.41, 5.74) is 1.98. The van der Waals surface area contributed by atoms with E-state index in [1.54, 1.807) is 6.92 Å². The van der Waals surface area contributed by atoms with Crippen LogP contribution in [0.1, 0.15) is 45.9 Å². The lowest BCUT2D eigenvalue weighted by Crippen LogP contribution is -2.48. The number of hydrogen-bond donors (Lipinski definition) is 2. The molecule has 26 heavy (non-hydrogen) atoms. The zero-order chi connectivity index (χ0) is 18.5. The van der Waals surface area contributed by atoms with Gasteiger partial charge in [0.15, 0.2) is 0 Å². The molecule has 0 aliphatic heterocycles. The van der Waals surface area contributed by atoms with Crippen molar-refractivity contribution in [3.8, 4) is 11.4 Å². The molecule has 1 aromatic carbocycles. The maximum Gasteiger partial charge on any atom is 0.319 e. The van der Waals surface area contributed by atoms with Crippen molar-refractivity contribution in [1.82, 2.24) is 15.5 Å². The molecule has 2 aliphatic rings. The number of carbonyl (C=O) groups is 1. The van der Waals surface area contributed by atoms with Crippen LogP contribution in [-0.4, -0.2) is 22.2 Å². The number of urea groups is 1. The molecule has 0 saturated heterocycles. The minimum absolute atomic E-state index is 0.152. The average molecular weight is 354 g/mol. The van der Waals surface area contributed by atoms with E-state index >= 15 is 0 Å². The summed E-state index contributed by atoms with van der Waals surface area (Å²) in [5, 5.41) is 10.1. The Balaban J connectivity index is 1.45. The quantitative estimate of drug-likeness (QED) is 0.857. The van der Waals surface area contributed by atoms with Gasteiger partial charge >= 0.3 is 6.03 Å². The van der Waals surface area contributed by atoms with Crippen LogP contribution in [-0.2, 0) is 0 Å². The van der Waals surface area contributed by atoms with Gasteiger partial charge in [-0.15, -0.1) is 0 Å². The van der Waals surface area contributed by atoms with Crippen LogP contribution in [0.15, 0.2) is 28.8 Å². The van der Waals surface area contributed by atoms with Gasteiger partial charge in [0.2, 0.25) is 11.7 Å². The second kappa shape index (κ2) is 5.83. The third-order valence-electron chi connectivity index (χ3n) is 7.01. The molecule has 2 bridgehead atoms. The number of aromatic nitrogens is 2. The Hall–Kier alpha value is -2.37. The maximum atomic E-state index is 12.6. The van der Waals surface area contributed by atoms with Crippen molar-refractivity contribution in [3.05, 3.63) is 30.2 Å². The molecule has 2 fully saturated rings. The van der Waals surface area contributed by atoms with Crippen LogP contribution in [0, 0.1) is 23.7 Å². The van der Waals surface area contributed by atoms with E-state index in [9.17, 15) is 4.79 Å². The zero-order valence-electron chi connectivity index (χ0n) is 15.8. The molecule has 138 valence electrons. The number of nitrogens with zero attached hydrogens (tertiary/aromatic N) is 2. The number of hydrogen-bond acceptors (Lipinski definition) is 4. The van der Waals surface area contributed by atoms with Crippen LogP contribution >= 0.6 is 0 Å². The lowest BCUT2D eigenvalue weighted by atomic mass is 9.69. The number of anilines is 1. The summed E-state index contributed by atoms with van der Waals surface area (Å²) < 4.78 is 5.03. The Kier molecular flexibility index (Phi) is 3.82. The molecule has 2 aliphatic carbocycles. The molecule has 0 unspecified atom stereocenters. The first kappa shape index (κ1) is 17.1. The molecule has 1 aromatic heterocycles. The molecule has 2 aromatic rings. The Bertz CT molecular complexity index is 844. The van der Waals surface area contributed by atoms with Gasteiger partial charge in [-0.2, -0.15) is 4.98 Å². The number of aryl methyl sites for hydroxylation is 1. The highest BCUT2D eigenvalue weighted by Crippen LogP contribution is 2.65. The Morgan fingerprint density at radius 3 is 2.73 bits per heavy atom. The van der Waals surface area contributed by atoms with Gasteiger partial charge < -0.3 is 15.2 Å². The van der Waals surface area contributed by atoms with Crippen molar-refractivity contribution >= 4 is 11.7 Å². The fraction of sp³-hybridized carbons (Fsp3) is 0.550. The summed E-state index contributed by atoms with van der Waals surface area (Å²) in [7, 11) is 0. The van der Waals surface area contributed by atoms with Crippen molar-refractivity contribution in [2.24, 2.45) is 16.7 Å². The lowest BCUT2D eigenvalue weighted by Gasteiger charge is -2.39. The van der Waals surface area contributed by atoms with Gasteiger partial charge in [0.05, 0.1) is 0 Å². The number of amides is 2. The summed E-state index contributed by atoms with van der Waals surface area (Å²) >= 11 is 0. The molecule has 1 heterocycles. The van der Waals surface area contributed by atoms with Gasteiger partial charge in [-0.3, -0.25) is 0 Å². The van der Waals surface area contributed by atoms with E-state index < -0.39 is 0 Å². The van der Waals surface area contributed by atoms with Crippen molar-refractivity contribution < 1.29 is 9.32 Å². The van der Waals surface area contributed by atoms with Gasteiger partial charge in [0.25, 0.3) is 0 Å². The van der Waals surface area contributed by atoms with Crippen molar-refractivity contribution in [3.63, 3.8) is 0 Å². The molecule has 2 saturated carbocycles. The van der Waals surface area contributed by atoms with Crippen LogP contribution in [0.5, 0.6) is 0 Å². The van der Waals surface area contributed by atoms with E-state index in [1.165, 1.54) is 12.8 Å².